The number of carbonyl (C=O) groups is 4. The van der Waals surface area contributed by atoms with Crippen LogP contribution in [-0.4, -0.2) is 74.8 Å². The third-order valence-corrected chi connectivity index (χ3v) is 6.55. The lowest BCUT2D eigenvalue weighted by molar-refractivity contribution is -0.150. The fourth-order valence-corrected chi connectivity index (χ4v) is 4.91. The number of rotatable bonds is 10. The topological polar surface area (TPSA) is 174 Å². The predicted octanol–water partition coefficient (Wildman–Crippen LogP) is 0.324. The van der Waals surface area contributed by atoms with Crippen LogP contribution in [0.1, 0.15) is 19.0 Å². The first-order valence-corrected chi connectivity index (χ1v) is 11.5. The molecule has 3 heterocycles. The Morgan fingerprint density at radius 3 is 2.85 bits per heavy atom. The van der Waals surface area contributed by atoms with Crippen LogP contribution in [0.25, 0.3) is 0 Å². The number of amides is 2. The minimum atomic E-state index is -1.32. The Hall–Kier alpha value is -3.39. The number of β-lactam (4-membered cyclic amide) rings is 1. The van der Waals surface area contributed by atoms with E-state index >= 15 is 0 Å². The molecule has 2 atom stereocenters. The van der Waals surface area contributed by atoms with E-state index in [4.69, 9.17) is 15.3 Å². The smallest absolute Gasteiger partial charge is 0.352 e. The van der Waals surface area contributed by atoms with Crippen molar-refractivity contribution in [3.63, 3.8) is 0 Å². The SMILES string of the molecule is C=CCCON=C(C(=O)NC1C(=O)N2C(C(=O)O)=C(COC(C)=O)CS[C@H]12)c1csc(N)n1. The van der Waals surface area contributed by atoms with Crippen LogP contribution in [0.15, 0.2) is 34.5 Å². The second-order valence-corrected chi connectivity index (χ2v) is 8.81. The molecular formula is C19H21N5O7S2. The lowest BCUT2D eigenvalue weighted by Crippen LogP contribution is -2.71. The molecule has 0 saturated carbocycles. The van der Waals surface area contributed by atoms with Gasteiger partial charge in [0.25, 0.3) is 11.8 Å². The van der Waals surface area contributed by atoms with Gasteiger partial charge in [0.05, 0.1) is 0 Å². The summed E-state index contributed by atoms with van der Waals surface area (Å²) in [7, 11) is 0. The quantitative estimate of drug-likeness (QED) is 0.102. The van der Waals surface area contributed by atoms with E-state index in [1.807, 2.05) is 0 Å². The van der Waals surface area contributed by atoms with E-state index in [0.717, 1.165) is 16.2 Å². The molecule has 176 valence electrons. The zero-order valence-electron chi connectivity index (χ0n) is 17.5. The Morgan fingerprint density at radius 1 is 1.48 bits per heavy atom. The van der Waals surface area contributed by atoms with Crippen molar-refractivity contribution >= 4 is 57.7 Å². The van der Waals surface area contributed by atoms with Crippen LogP contribution >= 0.6 is 23.1 Å². The van der Waals surface area contributed by atoms with Gasteiger partial charge in [-0.1, -0.05) is 11.2 Å². The maximum atomic E-state index is 12.9. The number of fused-ring (bicyclic) bond motifs is 1. The Labute approximate surface area is 196 Å². The number of aromatic nitrogens is 1. The number of carbonyl (C=O) groups excluding carboxylic acids is 3. The van der Waals surface area contributed by atoms with Crippen molar-refractivity contribution in [1.82, 2.24) is 15.2 Å². The number of hydrogen-bond donors (Lipinski definition) is 3. The molecule has 0 spiro atoms. The maximum absolute atomic E-state index is 12.9. The molecule has 33 heavy (non-hydrogen) atoms. The Bertz CT molecular complexity index is 1050. The molecule has 0 bridgehead atoms. The minimum Gasteiger partial charge on any atom is -0.477 e. The summed E-state index contributed by atoms with van der Waals surface area (Å²) < 4.78 is 4.90. The van der Waals surface area contributed by atoms with Crippen molar-refractivity contribution in [2.45, 2.75) is 24.8 Å². The summed E-state index contributed by atoms with van der Waals surface area (Å²) in [6.07, 6.45) is 2.13. The van der Waals surface area contributed by atoms with Crippen molar-refractivity contribution < 1.29 is 33.9 Å². The van der Waals surface area contributed by atoms with Crippen molar-refractivity contribution in [1.29, 1.82) is 0 Å². The van der Waals surface area contributed by atoms with Crippen LogP contribution in [0.2, 0.25) is 0 Å². The molecule has 4 N–H and O–H groups in total. The number of esters is 1. The Kier molecular flexibility index (Phi) is 7.71. The molecule has 3 rings (SSSR count). The van der Waals surface area contributed by atoms with E-state index in [2.05, 4.69) is 22.0 Å². The summed E-state index contributed by atoms with van der Waals surface area (Å²) >= 11 is 2.36. The van der Waals surface area contributed by atoms with Crippen LogP contribution in [0.5, 0.6) is 0 Å². The fraction of sp³-hybridized carbons (Fsp3) is 0.368. The molecule has 12 nitrogen and oxygen atoms in total. The molecule has 2 amide bonds. The summed E-state index contributed by atoms with van der Waals surface area (Å²) in [6.45, 7) is 4.73. The van der Waals surface area contributed by atoms with Gasteiger partial charge < -0.3 is 25.7 Å². The van der Waals surface area contributed by atoms with E-state index < -0.39 is 35.2 Å². The van der Waals surface area contributed by atoms with Gasteiger partial charge in [0.1, 0.15) is 36.0 Å². The van der Waals surface area contributed by atoms with Crippen molar-refractivity contribution in [3.05, 3.63) is 35.0 Å². The number of nitrogens with one attached hydrogen (secondary N) is 1. The summed E-state index contributed by atoms with van der Waals surface area (Å²) in [5.74, 6) is -3.00. The predicted molar refractivity (Wildman–Crippen MR) is 120 cm³/mol. The van der Waals surface area contributed by atoms with E-state index in [1.54, 1.807) is 6.08 Å². The van der Waals surface area contributed by atoms with Gasteiger partial charge in [-0.15, -0.1) is 29.7 Å². The largest absolute Gasteiger partial charge is 0.477 e. The van der Waals surface area contributed by atoms with Crippen molar-refractivity contribution in [3.8, 4) is 0 Å². The number of carboxylic acid groups (broad SMARTS) is 1. The molecule has 1 saturated heterocycles. The van der Waals surface area contributed by atoms with E-state index in [9.17, 15) is 24.3 Å². The number of aliphatic carboxylic acids is 1. The number of anilines is 1. The molecule has 1 fully saturated rings. The van der Waals surface area contributed by atoms with Gasteiger partial charge in [-0.25, -0.2) is 9.78 Å². The lowest BCUT2D eigenvalue weighted by atomic mass is 10.0. The number of nitrogen functional groups attached to an aromatic ring is 1. The number of nitrogens with zero attached hydrogens (tertiary/aromatic N) is 3. The third-order valence-electron chi connectivity index (χ3n) is 4.53. The highest BCUT2D eigenvalue weighted by Gasteiger charge is 2.54. The number of thiazole rings is 1. The second-order valence-electron chi connectivity index (χ2n) is 6.82. The molecule has 1 aromatic rings. The fourth-order valence-electron chi connectivity index (χ4n) is 3.04. The average molecular weight is 496 g/mol. The number of oxime groups is 1. The molecule has 0 aliphatic carbocycles. The number of nitrogens with two attached hydrogens (primary N) is 1. The monoisotopic (exact) mass is 495 g/mol. The normalized spacial score (nSPS) is 20.0. The number of ether oxygens (including phenoxy) is 1. The van der Waals surface area contributed by atoms with Gasteiger partial charge in [0.15, 0.2) is 10.8 Å². The summed E-state index contributed by atoms with van der Waals surface area (Å²) in [5.41, 5.74) is 5.72. The second kappa shape index (κ2) is 10.5. The van der Waals surface area contributed by atoms with Gasteiger partial charge in [-0.05, 0) is 0 Å². The highest BCUT2D eigenvalue weighted by atomic mass is 32.2. The first kappa shape index (κ1) is 24.3. The molecule has 0 radical (unpaired) electrons. The van der Waals surface area contributed by atoms with Crippen molar-refractivity contribution in [2.75, 3.05) is 24.7 Å². The first-order valence-electron chi connectivity index (χ1n) is 9.61. The zero-order chi connectivity index (χ0) is 24.1. The molecule has 1 unspecified atom stereocenters. The molecule has 2 aliphatic rings. The minimum absolute atomic E-state index is 0.163. The maximum Gasteiger partial charge on any atom is 0.352 e. The number of thioether (sulfide) groups is 1. The molecular weight excluding hydrogens is 474 g/mol. The Balaban J connectivity index is 1.76. The third kappa shape index (κ3) is 5.34. The highest BCUT2D eigenvalue weighted by molar-refractivity contribution is 8.00. The first-order chi connectivity index (χ1) is 15.7. The van der Waals surface area contributed by atoms with Crippen LogP contribution in [0.4, 0.5) is 5.13 Å². The summed E-state index contributed by atoms with van der Waals surface area (Å²) in [4.78, 5) is 58.8. The number of carboxylic acids is 1. The lowest BCUT2D eigenvalue weighted by Gasteiger charge is -2.49. The molecule has 14 heteroatoms. The van der Waals surface area contributed by atoms with Gasteiger partial charge >= 0.3 is 11.9 Å². The molecule has 2 aliphatic heterocycles. The van der Waals surface area contributed by atoms with E-state index in [-0.39, 0.29) is 41.2 Å². The van der Waals surface area contributed by atoms with Crippen LogP contribution in [-0.2, 0) is 28.8 Å². The van der Waals surface area contributed by atoms with Crippen LogP contribution < -0.4 is 11.1 Å². The van der Waals surface area contributed by atoms with Gasteiger partial charge in [0, 0.05) is 30.1 Å². The average Bonchev–Trinajstić information content (AvgIpc) is 3.20. The van der Waals surface area contributed by atoms with Gasteiger partial charge in [-0.3, -0.25) is 19.3 Å². The van der Waals surface area contributed by atoms with E-state index in [1.165, 1.54) is 24.1 Å². The van der Waals surface area contributed by atoms with Crippen LogP contribution in [0.3, 0.4) is 0 Å². The Morgan fingerprint density at radius 2 is 2.24 bits per heavy atom. The van der Waals surface area contributed by atoms with Gasteiger partial charge in [-0.2, -0.15) is 0 Å². The highest BCUT2D eigenvalue weighted by Crippen LogP contribution is 2.40. The molecule has 1 aromatic heterocycles. The number of hydrogen-bond acceptors (Lipinski definition) is 11. The standard InChI is InChI=1S/C19H21N5O7S2/c1-3-4-5-31-23-12(11-8-33-19(20)21-11)15(26)22-13-16(27)24-14(18(28)29)10(6-30-9(2)25)7-32-17(13)24/h3,8,13,17H,1,4-7H2,2H3,(H2,20,21)(H,22,26)(H,28,29)/t13?,17-/m1/s1. The summed E-state index contributed by atoms with van der Waals surface area (Å²) in [6, 6.07) is -0.985. The molecule has 0 aromatic carbocycles. The zero-order valence-corrected chi connectivity index (χ0v) is 19.1. The van der Waals surface area contributed by atoms with E-state index in [0.29, 0.717) is 12.0 Å². The van der Waals surface area contributed by atoms with Crippen LogP contribution in [0, 0.1) is 0 Å². The van der Waals surface area contributed by atoms with Gasteiger partial charge in [0.2, 0.25) is 0 Å². The van der Waals surface area contributed by atoms with Crippen molar-refractivity contribution in [2.24, 2.45) is 5.16 Å². The summed E-state index contributed by atoms with van der Waals surface area (Å²) in [5, 5.41) is 17.1.